The highest BCUT2D eigenvalue weighted by molar-refractivity contribution is 8.13. The monoisotopic (exact) mass is 238 g/mol. The van der Waals surface area contributed by atoms with E-state index in [1.165, 1.54) is 18.9 Å². The summed E-state index contributed by atoms with van der Waals surface area (Å²) >= 11 is 1.24. The zero-order valence-corrected chi connectivity index (χ0v) is 9.84. The number of amidine groups is 1. The smallest absolute Gasteiger partial charge is 0.309 e. The fourth-order valence-electron chi connectivity index (χ4n) is 1.25. The van der Waals surface area contributed by atoms with Crippen LogP contribution in [0.25, 0.3) is 0 Å². The van der Waals surface area contributed by atoms with Crippen molar-refractivity contribution in [3.05, 3.63) is 35.4 Å². The van der Waals surface area contributed by atoms with Gasteiger partial charge in [0.25, 0.3) is 0 Å². The van der Waals surface area contributed by atoms with Gasteiger partial charge in [-0.25, -0.2) is 0 Å². The summed E-state index contributed by atoms with van der Waals surface area (Å²) in [5.74, 6) is 0.336. The molecule has 86 valence electrons. The summed E-state index contributed by atoms with van der Waals surface area (Å²) < 4.78 is 4.62. The zero-order chi connectivity index (χ0) is 12.0. The maximum atomic E-state index is 11.2. The molecule has 0 fully saturated rings. The Hall–Kier alpha value is -1.49. The molecule has 16 heavy (non-hydrogen) atoms. The van der Waals surface area contributed by atoms with Crippen molar-refractivity contribution in [3.8, 4) is 0 Å². The Morgan fingerprint density at radius 3 is 2.62 bits per heavy atom. The normalized spacial score (nSPS) is 9.81. The van der Waals surface area contributed by atoms with Gasteiger partial charge in [0.15, 0.2) is 5.17 Å². The number of hydrogen-bond acceptors (Lipinski definition) is 4. The summed E-state index contributed by atoms with van der Waals surface area (Å²) in [4.78, 5) is 11.2. The molecular formula is C11H14N2O2S. The van der Waals surface area contributed by atoms with E-state index in [4.69, 9.17) is 11.1 Å². The van der Waals surface area contributed by atoms with Crippen molar-refractivity contribution < 1.29 is 9.53 Å². The standard InChI is InChI=1S/C11H14N2O2S/c1-15-10(14)6-8-4-2-3-5-9(8)7-16-11(12)13/h2-5H,6-7H2,1H3,(H3,12,13). The lowest BCUT2D eigenvalue weighted by Crippen LogP contribution is -2.08. The van der Waals surface area contributed by atoms with Gasteiger partial charge in [0.2, 0.25) is 0 Å². The third-order valence-corrected chi connectivity index (χ3v) is 2.83. The number of nitrogens with one attached hydrogen (secondary N) is 1. The third-order valence-electron chi connectivity index (χ3n) is 2.06. The topological polar surface area (TPSA) is 76.2 Å². The SMILES string of the molecule is COC(=O)Cc1ccccc1CSC(=N)N. The lowest BCUT2D eigenvalue weighted by molar-refractivity contribution is -0.139. The van der Waals surface area contributed by atoms with Crippen LogP contribution in [0.4, 0.5) is 0 Å². The number of nitrogens with two attached hydrogens (primary N) is 1. The Morgan fingerprint density at radius 1 is 1.44 bits per heavy atom. The lowest BCUT2D eigenvalue weighted by atomic mass is 10.1. The van der Waals surface area contributed by atoms with E-state index in [-0.39, 0.29) is 17.6 Å². The van der Waals surface area contributed by atoms with Gasteiger partial charge in [-0.1, -0.05) is 36.0 Å². The van der Waals surface area contributed by atoms with E-state index >= 15 is 0 Å². The number of ether oxygens (including phenoxy) is 1. The van der Waals surface area contributed by atoms with Gasteiger partial charge in [-0.2, -0.15) is 0 Å². The highest BCUT2D eigenvalue weighted by atomic mass is 32.2. The largest absolute Gasteiger partial charge is 0.469 e. The number of carbonyl (C=O) groups excluding carboxylic acids is 1. The highest BCUT2D eigenvalue weighted by Gasteiger charge is 2.07. The Morgan fingerprint density at radius 2 is 2.06 bits per heavy atom. The molecule has 0 amide bonds. The fraction of sp³-hybridized carbons (Fsp3) is 0.273. The van der Waals surface area contributed by atoms with Crippen LogP contribution in [0.15, 0.2) is 24.3 Å². The minimum absolute atomic E-state index is 0.0767. The Bertz CT molecular complexity index is 393. The quantitative estimate of drug-likeness (QED) is 0.474. The van der Waals surface area contributed by atoms with Crippen LogP contribution in [0.5, 0.6) is 0 Å². The zero-order valence-electron chi connectivity index (χ0n) is 9.03. The van der Waals surface area contributed by atoms with Gasteiger partial charge in [0.05, 0.1) is 13.5 Å². The summed E-state index contributed by atoms with van der Waals surface area (Å²) in [5.41, 5.74) is 7.20. The molecule has 0 saturated carbocycles. The van der Waals surface area contributed by atoms with Gasteiger partial charge in [-0.05, 0) is 11.1 Å². The van der Waals surface area contributed by atoms with E-state index in [0.29, 0.717) is 5.75 Å². The van der Waals surface area contributed by atoms with Crippen molar-refractivity contribution in [3.63, 3.8) is 0 Å². The maximum absolute atomic E-state index is 11.2. The molecule has 1 aromatic carbocycles. The van der Waals surface area contributed by atoms with Crippen LogP contribution in [-0.2, 0) is 21.7 Å². The number of benzene rings is 1. The van der Waals surface area contributed by atoms with E-state index in [0.717, 1.165) is 11.1 Å². The van der Waals surface area contributed by atoms with Gasteiger partial charge in [-0.15, -0.1) is 0 Å². The summed E-state index contributed by atoms with van der Waals surface area (Å²) in [7, 11) is 1.37. The van der Waals surface area contributed by atoms with Crippen LogP contribution in [0.1, 0.15) is 11.1 Å². The Labute approximate surface area is 98.7 Å². The molecule has 0 aliphatic carbocycles. The molecule has 0 radical (unpaired) electrons. The highest BCUT2D eigenvalue weighted by Crippen LogP contribution is 2.17. The molecule has 1 rings (SSSR count). The second kappa shape index (κ2) is 6.17. The van der Waals surface area contributed by atoms with Crippen molar-refractivity contribution in [2.24, 2.45) is 5.73 Å². The van der Waals surface area contributed by atoms with Crippen LogP contribution in [-0.4, -0.2) is 18.2 Å². The molecule has 0 bridgehead atoms. The van der Waals surface area contributed by atoms with Crippen molar-refractivity contribution in [1.29, 1.82) is 5.41 Å². The minimum Gasteiger partial charge on any atom is -0.469 e. The van der Waals surface area contributed by atoms with E-state index in [1.54, 1.807) is 0 Å². The summed E-state index contributed by atoms with van der Waals surface area (Å²) in [5, 5.41) is 7.22. The number of carbonyl (C=O) groups is 1. The first-order valence-electron chi connectivity index (χ1n) is 4.74. The number of esters is 1. The molecule has 0 atom stereocenters. The molecule has 5 heteroatoms. The molecule has 0 aromatic heterocycles. The molecule has 0 saturated heterocycles. The molecule has 4 nitrogen and oxygen atoms in total. The van der Waals surface area contributed by atoms with E-state index in [9.17, 15) is 4.79 Å². The van der Waals surface area contributed by atoms with Gasteiger partial charge >= 0.3 is 5.97 Å². The molecule has 0 spiro atoms. The van der Waals surface area contributed by atoms with Crippen molar-refractivity contribution in [1.82, 2.24) is 0 Å². The van der Waals surface area contributed by atoms with Gasteiger partial charge in [0.1, 0.15) is 0 Å². The first-order valence-corrected chi connectivity index (χ1v) is 5.72. The first kappa shape index (κ1) is 12.6. The van der Waals surface area contributed by atoms with Crippen molar-refractivity contribution in [2.45, 2.75) is 12.2 Å². The predicted octanol–water partition coefficient (Wildman–Crippen LogP) is 1.53. The number of methoxy groups -OCH3 is 1. The number of rotatable bonds is 4. The molecule has 1 aromatic rings. The molecule has 0 heterocycles. The molecular weight excluding hydrogens is 224 g/mol. The fourth-order valence-corrected chi connectivity index (χ4v) is 1.85. The van der Waals surface area contributed by atoms with Crippen molar-refractivity contribution >= 4 is 22.9 Å². The van der Waals surface area contributed by atoms with Crippen LogP contribution in [0.2, 0.25) is 0 Å². The second-order valence-electron chi connectivity index (χ2n) is 3.17. The average molecular weight is 238 g/mol. The molecule has 3 N–H and O–H groups in total. The predicted molar refractivity (Wildman–Crippen MR) is 65.4 cm³/mol. The van der Waals surface area contributed by atoms with Gasteiger partial charge < -0.3 is 10.5 Å². The lowest BCUT2D eigenvalue weighted by Gasteiger charge is -2.07. The summed E-state index contributed by atoms with van der Waals surface area (Å²) in [6.07, 6.45) is 0.255. The summed E-state index contributed by atoms with van der Waals surface area (Å²) in [6, 6.07) is 7.58. The van der Waals surface area contributed by atoms with Crippen LogP contribution in [0.3, 0.4) is 0 Å². The van der Waals surface area contributed by atoms with Gasteiger partial charge in [-0.3, -0.25) is 10.2 Å². The summed E-state index contributed by atoms with van der Waals surface area (Å²) in [6.45, 7) is 0. The average Bonchev–Trinajstić information content (AvgIpc) is 2.27. The van der Waals surface area contributed by atoms with E-state index in [2.05, 4.69) is 4.74 Å². The van der Waals surface area contributed by atoms with Crippen molar-refractivity contribution in [2.75, 3.05) is 7.11 Å². The molecule has 0 aliphatic rings. The molecule has 0 aliphatic heterocycles. The third kappa shape index (κ3) is 3.94. The van der Waals surface area contributed by atoms with Crippen LogP contribution >= 0.6 is 11.8 Å². The van der Waals surface area contributed by atoms with E-state index < -0.39 is 0 Å². The number of hydrogen-bond donors (Lipinski definition) is 2. The molecule has 0 unspecified atom stereocenters. The maximum Gasteiger partial charge on any atom is 0.309 e. The van der Waals surface area contributed by atoms with E-state index in [1.807, 2.05) is 24.3 Å². The Kier molecular flexibility index (Phi) is 4.85. The first-order chi connectivity index (χ1) is 7.63. The number of thioether (sulfide) groups is 1. The minimum atomic E-state index is -0.264. The van der Waals surface area contributed by atoms with Gasteiger partial charge in [0, 0.05) is 5.75 Å². The van der Waals surface area contributed by atoms with Crippen LogP contribution in [0, 0.1) is 5.41 Å². The Balaban J connectivity index is 2.74. The second-order valence-corrected chi connectivity index (χ2v) is 4.19. The van der Waals surface area contributed by atoms with Crippen LogP contribution < -0.4 is 5.73 Å².